The summed E-state index contributed by atoms with van der Waals surface area (Å²) in [5.74, 6) is 1.51. The monoisotopic (exact) mass is 398 g/mol. The summed E-state index contributed by atoms with van der Waals surface area (Å²) in [6.45, 7) is 8.64. The number of fused-ring (bicyclic) bond motifs is 2. The molecule has 2 heterocycles. The molecule has 0 radical (unpaired) electrons. The third kappa shape index (κ3) is 4.09. The zero-order chi connectivity index (χ0) is 19.7. The second-order valence-electron chi connectivity index (χ2n) is 8.08. The molecule has 1 fully saturated rings. The molecular weight excluding hydrogens is 370 g/mol. The fraction of sp³-hybridized carbons (Fsp3) is 0.455. The maximum atomic E-state index is 12.9. The molecule has 2 aromatic carbocycles. The summed E-state index contributed by atoms with van der Waals surface area (Å²) in [5.41, 5.74) is 0.774. The summed E-state index contributed by atoms with van der Waals surface area (Å²) < 4.78 is 7.64. The van der Waals surface area contributed by atoms with Gasteiger partial charge in [-0.15, -0.1) is 0 Å². The number of quaternary nitrogens is 1. The van der Waals surface area contributed by atoms with Crippen molar-refractivity contribution in [3.8, 4) is 0 Å². The molecule has 28 heavy (non-hydrogen) atoms. The van der Waals surface area contributed by atoms with Crippen LogP contribution in [0.3, 0.4) is 0 Å². The van der Waals surface area contributed by atoms with Crippen molar-refractivity contribution in [2.45, 2.75) is 25.1 Å². The molecule has 1 aliphatic rings. The van der Waals surface area contributed by atoms with Crippen molar-refractivity contribution in [3.63, 3.8) is 0 Å². The number of morpholine rings is 1. The summed E-state index contributed by atoms with van der Waals surface area (Å²) in [7, 11) is 1.81. The van der Waals surface area contributed by atoms with Crippen molar-refractivity contribution in [3.05, 3.63) is 46.8 Å². The fourth-order valence-corrected chi connectivity index (χ4v) is 4.95. The third-order valence-corrected chi connectivity index (χ3v) is 6.48. The second-order valence-corrected chi connectivity index (χ2v) is 9.07. The van der Waals surface area contributed by atoms with Crippen LogP contribution >= 0.6 is 11.8 Å². The molecule has 4 rings (SSSR count). The Kier molecular flexibility index (Phi) is 5.71. The lowest BCUT2D eigenvalue weighted by Crippen LogP contribution is -3.15. The van der Waals surface area contributed by atoms with E-state index in [0.717, 1.165) is 46.9 Å². The number of hydrogen-bond acceptors (Lipinski definition) is 4. The van der Waals surface area contributed by atoms with Crippen molar-refractivity contribution in [2.24, 2.45) is 13.0 Å². The SMILES string of the molecule is CC(C)C[NH+]1CCO[C@H](CSc2nc3cc4ccccc4cc3c(=O)n2C)C1. The summed E-state index contributed by atoms with van der Waals surface area (Å²) in [5, 5.41) is 3.60. The van der Waals surface area contributed by atoms with E-state index < -0.39 is 0 Å². The van der Waals surface area contributed by atoms with Crippen molar-refractivity contribution >= 4 is 33.4 Å². The molecular formula is C22H28N3O2S+. The summed E-state index contributed by atoms with van der Waals surface area (Å²) in [4.78, 5) is 19.3. The summed E-state index contributed by atoms with van der Waals surface area (Å²) >= 11 is 1.62. The Morgan fingerprint density at radius 2 is 2.04 bits per heavy atom. The Bertz CT molecular complexity index is 1050. The van der Waals surface area contributed by atoms with E-state index in [-0.39, 0.29) is 11.7 Å². The molecule has 0 spiro atoms. The number of aromatic nitrogens is 2. The first-order chi connectivity index (χ1) is 13.5. The number of benzene rings is 2. The van der Waals surface area contributed by atoms with E-state index in [1.165, 1.54) is 6.54 Å². The van der Waals surface area contributed by atoms with Crippen LogP contribution in [0.5, 0.6) is 0 Å². The quantitative estimate of drug-likeness (QED) is 0.406. The fourth-order valence-electron chi connectivity index (χ4n) is 3.96. The normalized spacial score (nSPS) is 20.3. The van der Waals surface area contributed by atoms with E-state index >= 15 is 0 Å². The molecule has 0 amide bonds. The van der Waals surface area contributed by atoms with Crippen LogP contribution in [0.1, 0.15) is 13.8 Å². The van der Waals surface area contributed by atoms with Gasteiger partial charge in [0.1, 0.15) is 19.2 Å². The molecule has 1 saturated heterocycles. The van der Waals surface area contributed by atoms with Gasteiger partial charge in [0.15, 0.2) is 5.16 Å². The number of thioether (sulfide) groups is 1. The van der Waals surface area contributed by atoms with E-state index in [9.17, 15) is 4.79 Å². The first kappa shape index (κ1) is 19.4. The van der Waals surface area contributed by atoms with Gasteiger partial charge in [0.05, 0.1) is 24.1 Å². The minimum absolute atomic E-state index is 0.00914. The van der Waals surface area contributed by atoms with Crippen LogP contribution in [0.2, 0.25) is 0 Å². The van der Waals surface area contributed by atoms with Crippen LogP contribution in [0.25, 0.3) is 21.7 Å². The second kappa shape index (κ2) is 8.23. The van der Waals surface area contributed by atoms with E-state index in [1.54, 1.807) is 21.2 Å². The Morgan fingerprint density at radius 1 is 1.29 bits per heavy atom. The number of nitrogens with one attached hydrogen (secondary N) is 1. The average Bonchev–Trinajstić information content (AvgIpc) is 2.68. The van der Waals surface area contributed by atoms with Crippen molar-refractivity contribution < 1.29 is 9.64 Å². The molecule has 1 N–H and O–H groups in total. The van der Waals surface area contributed by atoms with Gasteiger partial charge in [-0.1, -0.05) is 49.9 Å². The van der Waals surface area contributed by atoms with Crippen LogP contribution in [0.15, 0.2) is 46.3 Å². The molecule has 148 valence electrons. The van der Waals surface area contributed by atoms with Crippen molar-refractivity contribution in [1.82, 2.24) is 9.55 Å². The molecule has 6 heteroatoms. The van der Waals surface area contributed by atoms with Crippen LogP contribution in [0, 0.1) is 5.92 Å². The molecule has 0 aliphatic carbocycles. The van der Waals surface area contributed by atoms with Gasteiger partial charge in [-0.2, -0.15) is 0 Å². The van der Waals surface area contributed by atoms with Gasteiger partial charge in [-0.25, -0.2) is 4.98 Å². The largest absolute Gasteiger partial charge is 0.366 e. The van der Waals surface area contributed by atoms with E-state index in [1.807, 2.05) is 37.4 Å². The molecule has 1 aromatic heterocycles. The summed E-state index contributed by atoms with van der Waals surface area (Å²) in [6.07, 6.45) is 0.205. The predicted octanol–water partition coefficient (Wildman–Crippen LogP) is 2.12. The minimum Gasteiger partial charge on any atom is -0.366 e. The highest BCUT2D eigenvalue weighted by Crippen LogP contribution is 2.23. The van der Waals surface area contributed by atoms with Gasteiger partial charge in [-0.3, -0.25) is 9.36 Å². The highest BCUT2D eigenvalue weighted by atomic mass is 32.2. The van der Waals surface area contributed by atoms with Gasteiger partial charge in [-0.05, 0) is 22.9 Å². The lowest BCUT2D eigenvalue weighted by Gasteiger charge is -2.31. The molecule has 2 atom stereocenters. The standard InChI is InChI=1S/C22H27N3O2S/c1-15(2)12-25-8-9-27-18(13-25)14-28-22-23-20-11-17-7-5-4-6-16(17)10-19(20)21(26)24(22)3/h4-7,10-11,15,18H,8-9,12-14H2,1-3H3/p+1/t18-/m0/s1. The molecule has 0 saturated carbocycles. The maximum absolute atomic E-state index is 12.9. The number of ether oxygens (including phenoxy) is 1. The highest BCUT2D eigenvalue weighted by Gasteiger charge is 2.25. The minimum atomic E-state index is 0.00914. The van der Waals surface area contributed by atoms with Crippen molar-refractivity contribution in [1.29, 1.82) is 0 Å². The van der Waals surface area contributed by atoms with E-state index in [4.69, 9.17) is 9.72 Å². The van der Waals surface area contributed by atoms with Gasteiger partial charge in [0.25, 0.3) is 5.56 Å². The zero-order valence-electron chi connectivity index (χ0n) is 16.8. The van der Waals surface area contributed by atoms with Crippen LogP contribution in [0.4, 0.5) is 0 Å². The van der Waals surface area contributed by atoms with Crippen molar-refractivity contribution in [2.75, 3.05) is 32.0 Å². The van der Waals surface area contributed by atoms with E-state index in [2.05, 4.69) is 19.9 Å². The first-order valence-corrected chi connectivity index (χ1v) is 11.0. The average molecular weight is 399 g/mol. The highest BCUT2D eigenvalue weighted by molar-refractivity contribution is 7.99. The van der Waals surface area contributed by atoms with Gasteiger partial charge < -0.3 is 9.64 Å². The number of nitrogens with zero attached hydrogens (tertiary/aromatic N) is 2. The maximum Gasteiger partial charge on any atom is 0.261 e. The molecule has 1 unspecified atom stereocenters. The smallest absolute Gasteiger partial charge is 0.261 e. The Balaban J connectivity index is 1.56. The third-order valence-electron chi connectivity index (χ3n) is 5.32. The topological polar surface area (TPSA) is 48.6 Å². The molecule has 1 aliphatic heterocycles. The first-order valence-electron chi connectivity index (χ1n) is 9.99. The van der Waals surface area contributed by atoms with Gasteiger partial charge in [0, 0.05) is 18.7 Å². The van der Waals surface area contributed by atoms with Crippen LogP contribution in [-0.4, -0.2) is 47.6 Å². The van der Waals surface area contributed by atoms with E-state index in [0.29, 0.717) is 11.3 Å². The Morgan fingerprint density at radius 3 is 2.79 bits per heavy atom. The molecule has 5 nitrogen and oxygen atoms in total. The Hall–Kier alpha value is -1.89. The van der Waals surface area contributed by atoms with Crippen LogP contribution in [-0.2, 0) is 11.8 Å². The Labute approximate surface area is 169 Å². The molecule has 3 aromatic rings. The van der Waals surface area contributed by atoms with Gasteiger partial charge >= 0.3 is 0 Å². The predicted molar refractivity (Wildman–Crippen MR) is 115 cm³/mol. The summed E-state index contributed by atoms with van der Waals surface area (Å²) in [6, 6.07) is 12.1. The molecule has 0 bridgehead atoms. The lowest BCUT2D eigenvalue weighted by atomic mass is 10.1. The number of hydrogen-bond donors (Lipinski definition) is 1. The van der Waals surface area contributed by atoms with Gasteiger partial charge in [0.2, 0.25) is 0 Å². The zero-order valence-corrected chi connectivity index (χ0v) is 17.6. The van der Waals surface area contributed by atoms with Crippen LogP contribution < -0.4 is 10.5 Å². The number of rotatable bonds is 5. The lowest BCUT2D eigenvalue weighted by molar-refractivity contribution is -0.914.